The Balaban J connectivity index is 0.000000289. The van der Waals surface area contributed by atoms with Crippen LogP contribution in [0.15, 0.2) is 59.5 Å². The molecule has 2 aromatic carbocycles. The lowest BCUT2D eigenvalue weighted by Crippen LogP contribution is -2.47. The van der Waals surface area contributed by atoms with Gasteiger partial charge in [-0.3, -0.25) is 4.55 Å². The zero-order chi connectivity index (χ0) is 26.7. The van der Waals surface area contributed by atoms with Crippen LogP contribution in [0.2, 0.25) is 0 Å². The summed E-state index contributed by atoms with van der Waals surface area (Å²) in [5, 5.41) is 6.59. The summed E-state index contributed by atoms with van der Waals surface area (Å²) in [7, 11) is -4.02. The summed E-state index contributed by atoms with van der Waals surface area (Å²) in [5.74, 6) is 0.329. The molecule has 0 aromatic heterocycles. The van der Waals surface area contributed by atoms with Gasteiger partial charge in [-0.1, -0.05) is 54.8 Å². The molecule has 2 aromatic rings. The van der Waals surface area contributed by atoms with Crippen LogP contribution < -0.4 is 10.6 Å². The smallest absolute Gasteiger partial charge is 0.317 e. The number of carbonyl (C=O) groups is 1. The van der Waals surface area contributed by atoms with Crippen molar-refractivity contribution in [1.82, 2.24) is 15.5 Å². The second-order valence-corrected chi connectivity index (χ2v) is 11.2. The minimum atomic E-state index is -4.02. The molecule has 202 valence electrons. The molecule has 0 atom stereocenters. The van der Waals surface area contributed by atoms with E-state index in [9.17, 15) is 17.6 Å². The number of nitrogens with zero attached hydrogens (tertiary/aromatic N) is 1. The predicted molar refractivity (Wildman–Crippen MR) is 144 cm³/mol. The van der Waals surface area contributed by atoms with Gasteiger partial charge < -0.3 is 15.5 Å². The Kier molecular flexibility index (Phi) is 11.1. The molecule has 37 heavy (non-hydrogen) atoms. The number of amides is 2. The molecule has 1 saturated carbocycles. The Bertz CT molecular complexity index is 1110. The molecule has 0 radical (unpaired) electrons. The second kappa shape index (κ2) is 14.3. The van der Waals surface area contributed by atoms with E-state index in [0.717, 1.165) is 56.4 Å². The standard InChI is InChI=1S/C21H30FN3O.C7H8O3S/c22-19-9-7-17(8-10-19)4-3-15-25(16-18-11-13-23-14-12-18)21(26)24-20-5-1-2-6-20;1-6-2-4-7(5-3-6)11(8,9)10/h3-4,7-10,18,20,23H,1-2,5-6,11-16H2,(H,24,26);2-5H,1H3,(H,8,9,10)/b4-3+;. The molecule has 9 heteroatoms. The highest BCUT2D eigenvalue weighted by Gasteiger charge is 2.23. The van der Waals surface area contributed by atoms with Crippen molar-refractivity contribution in [2.24, 2.45) is 5.92 Å². The van der Waals surface area contributed by atoms with E-state index in [-0.39, 0.29) is 16.7 Å². The zero-order valence-electron chi connectivity index (χ0n) is 21.4. The minimum absolute atomic E-state index is 0.0548. The molecule has 2 fully saturated rings. The number of aryl methyl sites for hydroxylation is 1. The number of hydrogen-bond acceptors (Lipinski definition) is 4. The molecule has 4 rings (SSSR count). The quantitative estimate of drug-likeness (QED) is 0.435. The number of benzene rings is 2. The van der Waals surface area contributed by atoms with E-state index in [0.29, 0.717) is 18.5 Å². The normalized spacial score (nSPS) is 16.8. The summed E-state index contributed by atoms with van der Waals surface area (Å²) < 4.78 is 42.6. The van der Waals surface area contributed by atoms with Gasteiger partial charge in [-0.15, -0.1) is 0 Å². The number of hydrogen-bond donors (Lipinski definition) is 3. The van der Waals surface area contributed by atoms with Crippen molar-refractivity contribution in [1.29, 1.82) is 0 Å². The van der Waals surface area contributed by atoms with Crippen LogP contribution in [0.3, 0.4) is 0 Å². The summed E-state index contributed by atoms with van der Waals surface area (Å²) in [6, 6.07) is 12.8. The van der Waals surface area contributed by atoms with E-state index in [4.69, 9.17) is 4.55 Å². The van der Waals surface area contributed by atoms with Gasteiger partial charge in [0, 0.05) is 19.1 Å². The molecule has 2 amide bonds. The van der Waals surface area contributed by atoms with Gasteiger partial charge in [-0.25, -0.2) is 9.18 Å². The van der Waals surface area contributed by atoms with E-state index >= 15 is 0 Å². The van der Waals surface area contributed by atoms with Crippen molar-refractivity contribution in [3.63, 3.8) is 0 Å². The lowest BCUT2D eigenvalue weighted by Gasteiger charge is -2.30. The Morgan fingerprint density at radius 2 is 1.68 bits per heavy atom. The summed E-state index contributed by atoms with van der Waals surface area (Å²) in [6.07, 6.45) is 10.8. The largest absolute Gasteiger partial charge is 0.335 e. The molecule has 1 aliphatic carbocycles. The first-order chi connectivity index (χ1) is 17.7. The summed E-state index contributed by atoms with van der Waals surface area (Å²) in [6.45, 7) is 5.30. The zero-order valence-corrected chi connectivity index (χ0v) is 22.2. The maximum absolute atomic E-state index is 13.0. The Morgan fingerprint density at radius 3 is 2.27 bits per heavy atom. The van der Waals surface area contributed by atoms with Crippen molar-refractivity contribution in [3.05, 3.63) is 71.6 Å². The fourth-order valence-corrected chi connectivity index (χ4v) is 5.03. The van der Waals surface area contributed by atoms with Gasteiger partial charge in [-0.2, -0.15) is 8.42 Å². The average Bonchev–Trinajstić information content (AvgIpc) is 3.38. The second-order valence-electron chi connectivity index (χ2n) is 9.77. The average molecular weight is 532 g/mol. The molecule has 1 saturated heterocycles. The van der Waals surface area contributed by atoms with Gasteiger partial charge >= 0.3 is 6.03 Å². The predicted octanol–water partition coefficient (Wildman–Crippen LogP) is 5.03. The van der Waals surface area contributed by atoms with Crippen molar-refractivity contribution in [2.45, 2.75) is 56.4 Å². The van der Waals surface area contributed by atoms with E-state index in [1.807, 2.05) is 24.0 Å². The van der Waals surface area contributed by atoms with Gasteiger partial charge in [0.2, 0.25) is 0 Å². The van der Waals surface area contributed by atoms with Crippen LogP contribution in [-0.4, -0.2) is 56.1 Å². The van der Waals surface area contributed by atoms with E-state index in [1.165, 1.54) is 37.1 Å². The van der Waals surface area contributed by atoms with Gasteiger partial charge in [0.25, 0.3) is 10.1 Å². The van der Waals surface area contributed by atoms with E-state index in [2.05, 4.69) is 10.6 Å². The highest BCUT2D eigenvalue weighted by molar-refractivity contribution is 7.85. The van der Waals surface area contributed by atoms with Crippen LogP contribution in [-0.2, 0) is 10.1 Å². The Hall–Kier alpha value is -2.75. The SMILES string of the molecule is Cc1ccc(S(=O)(=O)O)cc1.O=C(NC1CCCC1)N(C/C=C/c1ccc(F)cc1)CC1CCNCC1. The third-order valence-electron chi connectivity index (χ3n) is 6.73. The lowest BCUT2D eigenvalue weighted by atomic mass is 9.97. The molecule has 1 aliphatic heterocycles. The van der Waals surface area contributed by atoms with Crippen molar-refractivity contribution < 1.29 is 22.2 Å². The van der Waals surface area contributed by atoms with Crippen LogP contribution in [0.4, 0.5) is 9.18 Å². The fraction of sp³-hybridized carbons (Fsp3) is 0.464. The molecular formula is C28H38FN3O4S. The number of piperidine rings is 1. The molecule has 0 unspecified atom stereocenters. The van der Waals surface area contributed by atoms with Crippen LogP contribution in [0.1, 0.15) is 49.7 Å². The third kappa shape index (κ3) is 10.3. The van der Waals surface area contributed by atoms with Gasteiger partial charge in [0.1, 0.15) is 5.82 Å². The minimum Gasteiger partial charge on any atom is -0.335 e. The topological polar surface area (TPSA) is 98.7 Å². The number of urea groups is 1. The van der Waals surface area contributed by atoms with Crippen molar-refractivity contribution in [3.8, 4) is 0 Å². The van der Waals surface area contributed by atoms with Crippen molar-refractivity contribution in [2.75, 3.05) is 26.2 Å². The van der Waals surface area contributed by atoms with Gasteiger partial charge in [0.05, 0.1) is 4.90 Å². The fourth-order valence-electron chi connectivity index (χ4n) is 4.55. The highest BCUT2D eigenvalue weighted by atomic mass is 32.2. The Labute approximate surface area is 219 Å². The maximum Gasteiger partial charge on any atom is 0.317 e. The summed E-state index contributed by atoms with van der Waals surface area (Å²) in [4.78, 5) is 14.6. The molecule has 0 spiro atoms. The van der Waals surface area contributed by atoms with Crippen LogP contribution in [0, 0.1) is 18.7 Å². The number of halogens is 1. The number of rotatable bonds is 7. The molecule has 7 nitrogen and oxygen atoms in total. The first-order valence-corrected chi connectivity index (χ1v) is 14.4. The lowest BCUT2D eigenvalue weighted by molar-refractivity contribution is 0.183. The first-order valence-electron chi connectivity index (χ1n) is 12.9. The molecular weight excluding hydrogens is 493 g/mol. The van der Waals surface area contributed by atoms with Crippen molar-refractivity contribution >= 4 is 22.2 Å². The highest BCUT2D eigenvalue weighted by Crippen LogP contribution is 2.19. The molecule has 3 N–H and O–H groups in total. The maximum atomic E-state index is 13.0. The first kappa shape index (κ1) is 28.8. The third-order valence-corrected chi connectivity index (χ3v) is 7.60. The van der Waals surface area contributed by atoms with E-state index in [1.54, 1.807) is 24.3 Å². The number of nitrogens with one attached hydrogen (secondary N) is 2. The van der Waals surface area contributed by atoms with Crippen LogP contribution in [0.25, 0.3) is 6.08 Å². The number of carbonyl (C=O) groups excluding carboxylic acids is 1. The molecule has 2 aliphatic rings. The molecule has 0 bridgehead atoms. The van der Waals surface area contributed by atoms with Crippen LogP contribution in [0.5, 0.6) is 0 Å². The van der Waals surface area contributed by atoms with Gasteiger partial charge in [0.15, 0.2) is 0 Å². The van der Waals surface area contributed by atoms with Gasteiger partial charge in [-0.05, 0) is 81.4 Å². The molecule has 1 heterocycles. The monoisotopic (exact) mass is 531 g/mol. The summed E-state index contributed by atoms with van der Waals surface area (Å²) in [5.41, 5.74) is 1.90. The van der Waals surface area contributed by atoms with E-state index < -0.39 is 10.1 Å². The van der Waals surface area contributed by atoms with Crippen LogP contribution >= 0.6 is 0 Å². The Morgan fingerprint density at radius 1 is 1.05 bits per heavy atom. The summed E-state index contributed by atoms with van der Waals surface area (Å²) >= 11 is 0.